The maximum absolute atomic E-state index is 5.87. The number of benzene rings is 1. The number of aryl methyl sites for hydroxylation is 1. The van der Waals surface area contributed by atoms with Gasteiger partial charge in [0.2, 0.25) is 0 Å². The van der Waals surface area contributed by atoms with Crippen molar-refractivity contribution in [2.24, 2.45) is 5.73 Å². The Morgan fingerprint density at radius 3 is 3.12 bits per heavy atom. The summed E-state index contributed by atoms with van der Waals surface area (Å²) in [6, 6.07) is 8.50. The number of methoxy groups -OCH3 is 1. The van der Waals surface area contributed by atoms with Crippen molar-refractivity contribution in [3.63, 3.8) is 0 Å². The summed E-state index contributed by atoms with van der Waals surface area (Å²) >= 11 is 0. The number of para-hydroxylation sites is 1. The minimum Gasteiger partial charge on any atom is -0.495 e. The summed E-state index contributed by atoms with van der Waals surface area (Å²) in [6.07, 6.45) is 2.41. The van der Waals surface area contributed by atoms with Crippen LogP contribution >= 0.6 is 0 Å². The van der Waals surface area contributed by atoms with E-state index >= 15 is 0 Å². The Bertz CT molecular complexity index is 544. The molecule has 1 aromatic heterocycles. The molecule has 17 heavy (non-hydrogen) atoms. The van der Waals surface area contributed by atoms with Crippen LogP contribution < -0.4 is 10.5 Å². The van der Waals surface area contributed by atoms with Crippen LogP contribution in [-0.4, -0.2) is 18.2 Å². The van der Waals surface area contributed by atoms with Crippen LogP contribution in [0.1, 0.15) is 24.5 Å². The Labute approximate surface area is 101 Å². The summed E-state index contributed by atoms with van der Waals surface area (Å²) in [5.74, 6) is 1.47. The Balaban J connectivity index is 2.27. The summed E-state index contributed by atoms with van der Waals surface area (Å²) in [7, 11) is 1.73. The third-order valence-corrected chi connectivity index (χ3v) is 3.77. The molecule has 0 saturated carbocycles. The molecule has 1 atom stereocenters. The van der Waals surface area contributed by atoms with Crippen molar-refractivity contribution in [3.05, 3.63) is 30.0 Å². The molecule has 3 rings (SSSR count). The number of hydrogen-bond acceptors (Lipinski definition) is 2. The van der Waals surface area contributed by atoms with Crippen LogP contribution in [0.25, 0.3) is 10.9 Å². The standard InChI is InChI=1S/C14H18N2O/c1-17-13-6-2-4-10-8-12-11(9-15)5-3-7-16(12)14(10)13/h2,4,6,8,11H,3,5,7,9,15H2,1H3. The normalized spacial score (nSPS) is 19.3. The van der Waals surface area contributed by atoms with Crippen LogP contribution in [0.2, 0.25) is 0 Å². The fourth-order valence-electron chi connectivity index (χ4n) is 2.94. The highest BCUT2D eigenvalue weighted by Crippen LogP contribution is 2.36. The lowest BCUT2D eigenvalue weighted by Crippen LogP contribution is -2.21. The minimum atomic E-state index is 0.501. The molecular formula is C14H18N2O. The molecule has 0 spiro atoms. The van der Waals surface area contributed by atoms with Gasteiger partial charge in [0.25, 0.3) is 0 Å². The summed E-state index contributed by atoms with van der Waals surface area (Å²) < 4.78 is 7.85. The second kappa shape index (κ2) is 4.08. The maximum atomic E-state index is 5.87. The van der Waals surface area contributed by atoms with E-state index in [1.54, 1.807) is 7.11 Å². The van der Waals surface area contributed by atoms with E-state index in [4.69, 9.17) is 10.5 Å². The average molecular weight is 230 g/mol. The molecule has 1 aliphatic heterocycles. The summed E-state index contributed by atoms with van der Waals surface area (Å²) in [5, 5.41) is 1.26. The van der Waals surface area contributed by atoms with Crippen LogP contribution in [0.4, 0.5) is 0 Å². The maximum Gasteiger partial charge on any atom is 0.143 e. The first-order valence-corrected chi connectivity index (χ1v) is 6.21. The van der Waals surface area contributed by atoms with Crippen molar-refractivity contribution in [2.75, 3.05) is 13.7 Å². The third kappa shape index (κ3) is 1.53. The molecule has 0 saturated heterocycles. The van der Waals surface area contributed by atoms with E-state index in [2.05, 4.69) is 16.7 Å². The predicted octanol–water partition coefficient (Wildman–Crippen LogP) is 2.49. The van der Waals surface area contributed by atoms with E-state index in [0.717, 1.165) is 18.8 Å². The van der Waals surface area contributed by atoms with Gasteiger partial charge in [-0.1, -0.05) is 12.1 Å². The molecule has 90 valence electrons. The van der Waals surface area contributed by atoms with Gasteiger partial charge in [0.1, 0.15) is 5.75 Å². The highest BCUT2D eigenvalue weighted by Gasteiger charge is 2.22. The molecule has 1 aliphatic rings. The molecule has 3 heteroatoms. The van der Waals surface area contributed by atoms with Crippen LogP contribution in [0, 0.1) is 0 Å². The Hall–Kier alpha value is -1.48. The van der Waals surface area contributed by atoms with Crippen molar-refractivity contribution in [2.45, 2.75) is 25.3 Å². The molecule has 0 fully saturated rings. The molecule has 1 unspecified atom stereocenters. The van der Waals surface area contributed by atoms with Gasteiger partial charge in [-0.2, -0.15) is 0 Å². The highest BCUT2D eigenvalue weighted by atomic mass is 16.5. The van der Waals surface area contributed by atoms with Gasteiger partial charge in [-0.3, -0.25) is 0 Å². The van der Waals surface area contributed by atoms with Gasteiger partial charge in [-0.05, 0) is 25.0 Å². The summed E-state index contributed by atoms with van der Waals surface area (Å²) in [6.45, 7) is 1.81. The summed E-state index contributed by atoms with van der Waals surface area (Å²) in [5.41, 5.74) is 8.46. The van der Waals surface area contributed by atoms with Gasteiger partial charge in [-0.15, -0.1) is 0 Å². The topological polar surface area (TPSA) is 40.2 Å². The second-order valence-electron chi connectivity index (χ2n) is 4.69. The van der Waals surface area contributed by atoms with Gasteiger partial charge in [0.15, 0.2) is 0 Å². The first-order valence-electron chi connectivity index (χ1n) is 6.21. The smallest absolute Gasteiger partial charge is 0.143 e. The molecule has 2 heterocycles. The van der Waals surface area contributed by atoms with Gasteiger partial charge in [-0.25, -0.2) is 0 Å². The molecule has 2 N–H and O–H groups in total. The lowest BCUT2D eigenvalue weighted by atomic mass is 9.96. The number of ether oxygens (including phenoxy) is 1. The first-order chi connectivity index (χ1) is 8.35. The van der Waals surface area contributed by atoms with E-state index in [1.165, 1.54) is 29.4 Å². The van der Waals surface area contributed by atoms with Crippen molar-refractivity contribution in [1.82, 2.24) is 4.57 Å². The highest BCUT2D eigenvalue weighted by molar-refractivity contribution is 5.87. The van der Waals surface area contributed by atoms with Crippen molar-refractivity contribution in [1.29, 1.82) is 0 Å². The number of rotatable bonds is 2. The molecule has 0 radical (unpaired) electrons. The van der Waals surface area contributed by atoms with Crippen LogP contribution in [0.3, 0.4) is 0 Å². The summed E-state index contributed by atoms with van der Waals surface area (Å²) in [4.78, 5) is 0. The molecule has 0 bridgehead atoms. The second-order valence-corrected chi connectivity index (χ2v) is 4.69. The third-order valence-electron chi connectivity index (χ3n) is 3.77. The Morgan fingerprint density at radius 2 is 2.35 bits per heavy atom. The molecule has 3 nitrogen and oxygen atoms in total. The zero-order valence-electron chi connectivity index (χ0n) is 10.1. The number of fused-ring (bicyclic) bond motifs is 3. The number of nitrogens with two attached hydrogens (primary N) is 1. The predicted molar refractivity (Wildman–Crippen MR) is 69.5 cm³/mol. The van der Waals surface area contributed by atoms with E-state index < -0.39 is 0 Å². The fourth-order valence-corrected chi connectivity index (χ4v) is 2.94. The lowest BCUT2D eigenvalue weighted by molar-refractivity contribution is 0.412. The zero-order valence-corrected chi connectivity index (χ0v) is 10.1. The Kier molecular flexibility index (Phi) is 2.56. The number of nitrogens with zero attached hydrogens (tertiary/aromatic N) is 1. The quantitative estimate of drug-likeness (QED) is 0.861. The number of aromatic nitrogens is 1. The monoisotopic (exact) mass is 230 g/mol. The van der Waals surface area contributed by atoms with Crippen LogP contribution in [-0.2, 0) is 6.54 Å². The van der Waals surface area contributed by atoms with Gasteiger partial charge in [0.05, 0.1) is 12.6 Å². The van der Waals surface area contributed by atoms with Crippen molar-refractivity contribution >= 4 is 10.9 Å². The van der Waals surface area contributed by atoms with Crippen LogP contribution in [0.5, 0.6) is 5.75 Å². The van der Waals surface area contributed by atoms with E-state index in [-0.39, 0.29) is 0 Å². The zero-order chi connectivity index (χ0) is 11.8. The molecule has 0 aliphatic carbocycles. The Morgan fingerprint density at radius 1 is 1.47 bits per heavy atom. The van der Waals surface area contributed by atoms with Gasteiger partial charge >= 0.3 is 0 Å². The number of hydrogen-bond donors (Lipinski definition) is 1. The van der Waals surface area contributed by atoms with Gasteiger partial charge in [0, 0.05) is 30.1 Å². The minimum absolute atomic E-state index is 0.501. The van der Waals surface area contributed by atoms with Crippen LogP contribution in [0.15, 0.2) is 24.3 Å². The van der Waals surface area contributed by atoms with Gasteiger partial charge < -0.3 is 15.0 Å². The fraction of sp³-hybridized carbons (Fsp3) is 0.429. The van der Waals surface area contributed by atoms with E-state index in [0.29, 0.717) is 5.92 Å². The first kappa shape index (κ1) is 10.7. The van der Waals surface area contributed by atoms with E-state index in [1.807, 2.05) is 12.1 Å². The molecule has 0 amide bonds. The average Bonchev–Trinajstić information content (AvgIpc) is 2.76. The van der Waals surface area contributed by atoms with E-state index in [9.17, 15) is 0 Å². The largest absolute Gasteiger partial charge is 0.495 e. The lowest BCUT2D eigenvalue weighted by Gasteiger charge is -2.24. The molecular weight excluding hydrogens is 212 g/mol. The van der Waals surface area contributed by atoms with Crippen molar-refractivity contribution in [3.8, 4) is 5.75 Å². The SMILES string of the molecule is COc1cccc2cc3n(c12)CCCC3CN. The van der Waals surface area contributed by atoms with Crippen molar-refractivity contribution < 1.29 is 4.74 Å². The molecule has 1 aromatic carbocycles. The molecule has 2 aromatic rings.